The normalized spacial score (nSPS) is 13.5. The Morgan fingerprint density at radius 2 is 1.42 bits per heavy atom. The number of benzene rings is 2. The standard InChI is InChI=1S/C23H24N/c1-2-24-22-16-10-9-15-20(22)21(18-11-5-3-6-12-18)17-23(24)19-13-7-4-8-14-19/h3-8,11-14,17H,2,9-10,15-16H2,1H3/q+1. The minimum atomic E-state index is 1.03. The first kappa shape index (κ1) is 15.1. The molecule has 0 amide bonds. The molecule has 0 saturated carbocycles. The van der Waals surface area contributed by atoms with Gasteiger partial charge in [-0.2, -0.15) is 4.57 Å². The van der Waals surface area contributed by atoms with Crippen molar-refractivity contribution in [2.24, 2.45) is 0 Å². The molecule has 3 aromatic rings. The monoisotopic (exact) mass is 314 g/mol. The van der Waals surface area contributed by atoms with Gasteiger partial charge in [-0.05, 0) is 49.4 Å². The fraction of sp³-hybridized carbons (Fsp3) is 0.261. The smallest absolute Gasteiger partial charge is 0.196 e. The topological polar surface area (TPSA) is 3.88 Å². The molecule has 4 rings (SSSR count). The molecule has 0 atom stereocenters. The van der Waals surface area contributed by atoms with Crippen molar-refractivity contribution in [1.29, 1.82) is 0 Å². The van der Waals surface area contributed by atoms with Crippen LogP contribution in [0.5, 0.6) is 0 Å². The van der Waals surface area contributed by atoms with Gasteiger partial charge in [-0.1, -0.05) is 48.5 Å². The molecular formula is C23H24N+. The van der Waals surface area contributed by atoms with E-state index in [9.17, 15) is 0 Å². The summed E-state index contributed by atoms with van der Waals surface area (Å²) in [5, 5.41) is 0. The lowest BCUT2D eigenvalue weighted by Crippen LogP contribution is -2.42. The summed E-state index contributed by atoms with van der Waals surface area (Å²) in [6, 6.07) is 24.1. The van der Waals surface area contributed by atoms with Crippen molar-refractivity contribution < 1.29 is 4.57 Å². The number of nitrogens with zero attached hydrogens (tertiary/aromatic N) is 1. The van der Waals surface area contributed by atoms with Crippen LogP contribution in [0.4, 0.5) is 0 Å². The van der Waals surface area contributed by atoms with Crippen LogP contribution in [0.2, 0.25) is 0 Å². The predicted octanol–water partition coefficient (Wildman–Crippen LogP) is 5.21. The van der Waals surface area contributed by atoms with E-state index in [-0.39, 0.29) is 0 Å². The second-order valence-electron chi connectivity index (χ2n) is 6.55. The van der Waals surface area contributed by atoms with E-state index in [0.29, 0.717) is 0 Å². The van der Waals surface area contributed by atoms with Crippen LogP contribution in [0.1, 0.15) is 31.0 Å². The van der Waals surface area contributed by atoms with Gasteiger partial charge in [0.1, 0.15) is 6.54 Å². The van der Waals surface area contributed by atoms with Crippen molar-refractivity contribution >= 4 is 0 Å². The lowest BCUT2D eigenvalue weighted by Gasteiger charge is -2.20. The van der Waals surface area contributed by atoms with Crippen molar-refractivity contribution in [2.75, 3.05) is 0 Å². The molecule has 0 saturated heterocycles. The summed E-state index contributed by atoms with van der Waals surface area (Å²) in [7, 11) is 0. The van der Waals surface area contributed by atoms with Crippen LogP contribution in [0.15, 0.2) is 66.7 Å². The molecule has 0 aliphatic heterocycles. The minimum Gasteiger partial charge on any atom is -0.196 e. The van der Waals surface area contributed by atoms with E-state index >= 15 is 0 Å². The van der Waals surface area contributed by atoms with Crippen LogP contribution >= 0.6 is 0 Å². The first-order chi connectivity index (χ1) is 11.9. The van der Waals surface area contributed by atoms with Crippen LogP contribution in [0.3, 0.4) is 0 Å². The van der Waals surface area contributed by atoms with E-state index < -0.39 is 0 Å². The number of hydrogen-bond acceptors (Lipinski definition) is 0. The van der Waals surface area contributed by atoms with Crippen LogP contribution < -0.4 is 4.57 Å². The van der Waals surface area contributed by atoms with Crippen molar-refractivity contribution in [2.45, 2.75) is 39.2 Å². The zero-order valence-corrected chi connectivity index (χ0v) is 14.3. The first-order valence-electron chi connectivity index (χ1n) is 9.08. The Balaban J connectivity index is 2.01. The Morgan fingerprint density at radius 1 is 0.792 bits per heavy atom. The summed E-state index contributed by atoms with van der Waals surface area (Å²) in [6.45, 7) is 3.30. The minimum absolute atomic E-state index is 1.03. The maximum atomic E-state index is 2.54. The Labute approximate surface area is 144 Å². The van der Waals surface area contributed by atoms with E-state index in [4.69, 9.17) is 0 Å². The quantitative estimate of drug-likeness (QED) is 0.585. The summed E-state index contributed by atoms with van der Waals surface area (Å²) in [6.07, 6.45) is 5.01. The van der Waals surface area contributed by atoms with Gasteiger partial charge in [-0.3, -0.25) is 0 Å². The Morgan fingerprint density at radius 3 is 2.08 bits per heavy atom. The SMILES string of the molecule is CC[n+]1c(-c2ccccc2)cc(-c2ccccc2)c2c1CCCC2. The highest BCUT2D eigenvalue weighted by molar-refractivity contribution is 5.72. The molecule has 0 bridgehead atoms. The highest BCUT2D eigenvalue weighted by atomic mass is 15.0. The van der Waals surface area contributed by atoms with Gasteiger partial charge in [-0.15, -0.1) is 0 Å². The highest BCUT2D eigenvalue weighted by Crippen LogP contribution is 2.33. The molecule has 1 nitrogen and oxygen atoms in total. The molecule has 1 aliphatic rings. The molecule has 0 radical (unpaired) electrons. The molecular weight excluding hydrogens is 290 g/mol. The zero-order valence-electron chi connectivity index (χ0n) is 14.3. The number of aromatic nitrogens is 1. The van der Waals surface area contributed by atoms with Crippen molar-refractivity contribution in [3.05, 3.63) is 78.0 Å². The van der Waals surface area contributed by atoms with E-state index in [0.717, 1.165) is 6.54 Å². The number of hydrogen-bond donors (Lipinski definition) is 0. The van der Waals surface area contributed by atoms with E-state index in [2.05, 4.69) is 78.2 Å². The molecule has 24 heavy (non-hydrogen) atoms. The third-order valence-corrected chi connectivity index (χ3v) is 5.13. The fourth-order valence-corrected chi connectivity index (χ4v) is 4.01. The van der Waals surface area contributed by atoms with Crippen LogP contribution in [-0.2, 0) is 19.4 Å². The van der Waals surface area contributed by atoms with Crippen LogP contribution in [0, 0.1) is 0 Å². The largest absolute Gasteiger partial charge is 0.213 e. The van der Waals surface area contributed by atoms with Crippen molar-refractivity contribution in [3.8, 4) is 22.4 Å². The molecule has 1 heteroatoms. The number of pyridine rings is 1. The maximum absolute atomic E-state index is 2.54. The lowest BCUT2D eigenvalue weighted by atomic mass is 9.87. The van der Waals surface area contributed by atoms with Crippen molar-refractivity contribution in [3.63, 3.8) is 0 Å². The summed E-state index contributed by atoms with van der Waals surface area (Å²) >= 11 is 0. The van der Waals surface area contributed by atoms with Gasteiger partial charge >= 0.3 is 0 Å². The summed E-state index contributed by atoms with van der Waals surface area (Å²) < 4.78 is 2.54. The van der Waals surface area contributed by atoms with Gasteiger partial charge in [0.25, 0.3) is 0 Å². The van der Waals surface area contributed by atoms with E-state index in [1.165, 1.54) is 48.1 Å². The fourth-order valence-electron chi connectivity index (χ4n) is 4.01. The molecule has 0 fully saturated rings. The van der Waals surface area contributed by atoms with Gasteiger partial charge < -0.3 is 0 Å². The molecule has 120 valence electrons. The number of rotatable bonds is 3. The zero-order chi connectivity index (χ0) is 16.4. The maximum Gasteiger partial charge on any atom is 0.213 e. The molecule has 1 aliphatic carbocycles. The molecule has 1 heterocycles. The number of fused-ring (bicyclic) bond motifs is 1. The van der Waals surface area contributed by atoms with Crippen molar-refractivity contribution in [1.82, 2.24) is 0 Å². The second kappa shape index (κ2) is 6.60. The summed E-state index contributed by atoms with van der Waals surface area (Å²) in [5.74, 6) is 0. The van der Waals surface area contributed by atoms with Crippen LogP contribution in [0.25, 0.3) is 22.4 Å². The molecule has 1 aromatic heterocycles. The van der Waals surface area contributed by atoms with Crippen LogP contribution in [-0.4, -0.2) is 0 Å². The second-order valence-corrected chi connectivity index (χ2v) is 6.55. The molecule has 2 aromatic carbocycles. The third-order valence-electron chi connectivity index (χ3n) is 5.13. The molecule has 0 unspecified atom stereocenters. The average molecular weight is 314 g/mol. The molecule has 0 spiro atoms. The Hall–Kier alpha value is -2.41. The van der Waals surface area contributed by atoms with Gasteiger partial charge in [0, 0.05) is 23.6 Å². The van der Waals surface area contributed by atoms with Gasteiger partial charge in [0.05, 0.1) is 0 Å². The van der Waals surface area contributed by atoms with Gasteiger partial charge in [-0.25, -0.2) is 0 Å². The van der Waals surface area contributed by atoms with Gasteiger partial charge in [0.15, 0.2) is 5.69 Å². The molecule has 0 N–H and O–H groups in total. The third kappa shape index (κ3) is 2.65. The van der Waals surface area contributed by atoms with Gasteiger partial charge in [0.2, 0.25) is 5.69 Å². The van der Waals surface area contributed by atoms with E-state index in [1.54, 1.807) is 11.3 Å². The Bertz CT molecular complexity index is 777. The summed E-state index contributed by atoms with van der Waals surface area (Å²) in [5.41, 5.74) is 8.53. The highest BCUT2D eigenvalue weighted by Gasteiger charge is 2.27. The first-order valence-corrected chi connectivity index (χ1v) is 9.08. The predicted molar refractivity (Wildman–Crippen MR) is 99.8 cm³/mol. The Kier molecular flexibility index (Phi) is 4.17. The lowest BCUT2D eigenvalue weighted by molar-refractivity contribution is -0.690. The summed E-state index contributed by atoms with van der Waals surface area (Å²) in [4.78, 5) is 0. The average Bonchev–Trinajstić information content (AvgIpc) is 2.68. The van der Waals surface area contributed by atoms with E-state index in [1.807, 2.05) is 0 Å².